The Hall–Kier alpha value is -1.87. The fraction of sp³-hybridized carbons (Fsp3) is 0.481. The van der Waals surface area contributed by atoms with Crippen molar-refractivity contribution in [3.8, 4) is 0 Å². The minimum atomic E-state index is 1.18. The summed E-state index contributed by atoms with van der Waals surface area (Å²) in [4.78, 5) is 1.27. The van der Waals surface area contributed by atoms with Crippen LogP contribution in [0.3, 0.4) is 0 Å². The first-order valence-electron chi connectivity index (χ1n) is 11.9. The number of hydrogen-bond donors (Lipinski definition) is 1. The Balaban J connectivity index is 1.44. The highest BCUT2D eigenvalue weighted by Crippen LogP contribution is 2.36. The molecule has 1 N–H and O–H groups in total. The average Bonchev–Trinajstić information content (AvgIpc) is 3.27. The topological polar surface area (TPSA) is 15.3 Å². The number of hydrogen-bond acceptors (Lipinski definition) is 3. The molecule has 0 amide bonds. The molecule has 1 aliphatic heterocycles. The van der Waals surface area contributed by atoms with E-state index in [9.17, 15) is 0 Å². The van der Waals surface area contributed by atoms with Crippen molar-refractivity contribution >= 4 is 22.5 Å². The molecule has 30 heavy (non-hydrogen) atoms. The average molecular weight is 423 g/mol. The van der Waals surface area contributed by atoms with E-state index in [0.717, 1.165) is 0 Å². The molecule has 3 heteroatoms. The third kappa shape index (κ3) is 7.12. The van der Waals surface area contributed by atoms with Crippen LogP contribution in [0.4, 0.5) is 5.69 Å². The highest BCUT2D eigenvalue weighted by Gasteiger charge is 2.17. The summed E-state index contributed by atoms with van der Waals surface area (Å²) in [6, 6.07) is 18.1. The predicted octanol–water partition coefficient (Wildman–Crippen LogP) is 8.29. The second-order valence-electron chi connectivity index (χ2n) is 8.36. The van der Waals surface area contributed by atoms with Gasteiger partial charge in [-0.1, -0.05) is 95.2 Å². The minimum absolute atomic E-state index is 1.18. The molecule has 0 unspecified atom stereocenters. The van der Waals surface area contributed by atoms with Gasteiger partial charge in [-0.25, -0.2) is 4.41 Å². The Kier molecular flexibility index (Phi) is 9.69. The Morgan fingerprint density at radius 2 is 1.20 bits per heavy atom. The second-order valence-corrected chi connectivity index (χ2v) is 9.35. The number of hydrazine groups is 1. The van der Waals surface area contributed by atoms with Crippen LogP contribution < -0.4 is 9.84 Å². The van der Waals surface area contributed by atoms with Gasteiger partial charge in [0.25, 0.3) is 0 Å². The predicted molar refractivity (Wildman–Crippen MR) is 134 cm³/mol. The van der Waals surface area contributed by atoms with E-state index >= 15 is 0 Å². The molecular weight excluding hydrogens is 384 g/mol. The number of rotatable bonds is 13. The van der Waals surface area contributed by atoms with Gasteiger partial charge in [0.05, 0.1) is 10.6 Å². The molecule has 162 valence electrons. The van der Waals surface area contributed by atoms with Gasteiger partial charge < -0.3 is 0 Å². The molecule has 2 aromatic carbocycles. The van der Waals surface area contributed by atoms with Crippen LogP contribution in [0.1, 0.15) is 88.3 Å². The molecule has 1 aliphatic rings. The highest BCUT2D eigenvalue weighted by atomic mass is 32.2. The van der Waals surface area contributed by atoms with Gasteiger partial charge >= 0.3 is 0 Å². The lowest BCUT2D eigenvalue weighted by Gasteiger charge is -2.17. The summed E-state index contributed by atoms with van der Waals surface area (Å²) >= 11 is 1.76. The van der Waals surface area contributed by atoms with Crippen LogP contribution in [0.25, 0.3) is 4.91 Å². The van der Waals surface area contributed by atoms with Crippen LogP contribution in [-0.4, -0.2) is 0 Å². The number of unbranched alkanes of at least 4 members (excludes halogenated alkanes) is 7. The smallest absolute Gasteiger partial charge is 0.0704 e. The minimum Gasteiger partial charge on any atom is -0.294 e. The van der Waals surface area contributed by atoms with E-state index in [1.807, 2.05) is 0 Å². The third-order valence-corrected chi connectivity index (χ3v) is 6.85. The molecule has 0 aliphatic carbocycles. The summed E-state index contributed by atoms with van der Waals surface area (Å²) in [5, 5.41) is 0. The lowest BCUT2D eigenvalue weighted by atomic mass is 10.0. The molecule has 0 bridgehead atoms. The largest absolute Gasteiger partial charge is 0.294 e. The van der Waals surface area contributed by atoms with Crippen molar-refractivity contribution in [1.29, 1.82) is 0 Å². The van der Waals surface area contributed by atoms with Gasteiger partial charge in [0.2, 0.25) is 0 Å². The number of nitrogens with one attached hydrogen (secondary N) is 1. The molecule has 0 atom stereocenters. The fourth-order valence-electron chi connectivity index (χ4n) is 3.85. The molecule has 0 spiro atoms. The van der Waals surface area contributed by atoms with Crippen LogP contribution in [0, 0.1) is 0 Å². The van der Waals surface area contributed by atoms with Crippen molar-refractivity contribution in [2.75, 3.05) is 4.41 Å². The Morgan fingerprint density at radius 3 is 1.87 bits per heavy atom. The molecule has 0 aromatic heterocycles. The standard InChI is InChI=1S/C27H38N2S/c1-3-5-7-8-9-11-13-23-14-18-25(19-15-23)27-22-28-29(30-27)26-20-16-24(17-21-26)12-10-6-4-2/h14-22,28H,3-13H2,1-2H3. The number of benzene rings is 2. The van der Waals surface area contributed by atoms with Crippen molar-refractivity contribution in [1.82, 2.24) is 5.43 Å². The summed E-state index contributed by atoms with van der Waals surface area (Å²) < 4.78 is 2.15. The molecular formula is C27H38N2S. The molecule has 1 heterocycles. The molecule has 0 fully saturated rings. The maximum Gasteiger partial charge on any atom is 0.0704 e. The first kappa shape index (κ1) is 22.8. The van der Waals surface area contributed by atoms with Gasteiger partial charge in [-0.15, -0.1) is 0 Å². The van der Waals surface area contributed by atoms with E-state index in [2.05, 4.69) is 78.4 Å². The van der Waals surface area contributed by atoms with Gasteiger partial charge in [-0.2, -0.15) is 0 Å². The number of aryl methyl sites for hydroxylation is 2. The summed E-state index contributed by atoms with van der Waals surface area (Å²) in [6.45, 7) is 4.53. The Morgan fingerprint density at radius 1 is 0.667 bits per heavy atom. The van der Waals surface area contributed by atoms with Gasteiger partial charge in [-0.05, 0) is 54.5 Å². The van der Waals surface area contributed by atoms with Crippen molar-refractivity contribution < 1.29 is 0 Å². The normalized spacial score (nSPS) is 13.4. The maximum atomic E-state index is 3.40. The summed E-state index contributed by atoms with van der Waals surface area (Å²) in [5.41, 5.74) is 8.78. The van der Waals surface area contributed by atoms with Gasteiger partial charge in [-0.3, -0.25) is 5.43 Å². The van der Waals surface area contributed by atoms with E-state index in [0.29, 0.717) is 0 Å². The van der Waals surface area contributed by atoms with Crippen LogP contribution in [-0.2, 0) is 12.8 Å². The van der Waals surface area contributed by atoms with Gasteiger partial charge in [0.1, 0.15) is 0 Å². The Labute approximate surface area is 188 Å². The second kappa shape index (κ2) is 12.7. The van der Waals surface area contributed by atoms with Crippen LogP contribution in [0.15, 0.2) is 54.7 Å². The summed E-state index contributed by atoms with van der Waals surface area (Å²) in [5.74, 6) is 0. The van der Waals surface area contributed by atoms with E-state index < -0.39 is 0 Å². The quantitative estimate of drug-likeness (QED) is 0.258. The molecule has 3 rings (SSSR count). The first-order chi connectivity index (χ1) is 14.8. The van der Waals surface area contributed by atoms with E-state index in [-0.39, 0.29) is 0 Å². The van der Waals surface area contributed by atoms with E-state index in [1.165, 1.54) is 97.9 Å². The fourth-order valence-corrected chi connectivity index (χ4v) is 4.73. The zero-order chi connectivity index (χ0) is 21.0. The van der Waals surface area contributed by atoms with Crippen molar-refractivity contribution in [3.63, 3.8) is 0 Å². The first-order valence-corrected chi connectivity index (χ1v) is 12.7. The molecule has 0 saturated carbocycles. The summed E-state index contributed by atoms with van der Waals surface area (Å²) in [6.07, 6.45) is 16.5. The zero-order valence-corrected chi connectivity index (χ0v) is 19.6. The van der Waals surface area contributed by atoms with Crippen LogP contribution >= 0.6 is 11.9 Å². The van der Waals surface area contributed by atoms with Crippen molar-refractivity contribution in [2.24, 2.45) is 0 Å². The van der Waals surface area contributed by atoms with Gasteiger partial charge in [0.15, 0.2) is 0 Å². The number of nitrogens with zero attached hydrogens (tertiary/aromatic N) is 1. The monoisotopic (exact) mass is 422 g/mol. The molecule has 0 saturated heterocycles. The molecule has 2 aromatic rings. The van der Waals surface area contributed by atoms with E-state index in [1.54, 1.807) is 11.9 Å². The lowest BCUT2D eigenvalue weighted by molar-refractivity contribution is 0.607. The molecule has 0 radical (unpaired) electrons. The Bertz CT molecular complexity index is 764. The lowest BCUT2D eigenvalue weighted by Crippen LogP contribution is -2.22. The molecule has 2 nitrogen and oxygen atoms in total. The van der Waals surface area contributed by atoms with Crippen molar-refractivity contribution in [3.05, 3.63) is 71.4 Å². The zero-order valence-electron chi connectivity index (χ0n) is 18.8. The SMILES string of the molecule is CCCCCCCCc1ccc(C2=CNN(c3ccc(CCCCC)cc3)S2)cc1. The maximum absolute atomic E-state index is 3.40. The van der Waals surface area contributed by atoms with Gasteiger partial charge in [0, 0.05) is 18.1 Å². The number of anilines is 1. The van der Waals surface area contributed by atoms with Crippen molar-refractivity contribution in [2.45, 2.75) is 84.5 Å². The van der Waals surface area contributed by atoms with Crippen LogP contribution in [0.2, 0.25) is 0 Å². The highest BCUT2D eigenvalue weighted by molar-refractivity contribution is 8.09. The van der Waals surface area contributed by atoms with Crippen LogP contribution in [0.5, 0.6) is 0 Å². The third-order valence-electron chi connectivity index (χ3n) is 5.80. The van der Waals surface area contributed by atoms with E-state index in [4.69, 9.17) is 0 Å². The summed E-state index contributed by atoms with van der Waals surface area (Å²) in [7, 11) is 0.